The predicted molar refractivity (Wildman–Crippen MR) is 211 cm³/mol. The highest BCUT2D eigenvalue weighted by atomic mass is 15.1. The molecule has 7 aromatic carbocycles. The van der Waals surface area contributed by atoms with Gasteiger partial charge in [0.15, 0.2) is 0 Å². The SMILES string of the molecule is c1ccc(-c2nc3c4c(-c5ccc(-c6cccc(-c7ccc8ccccc8c7)n6)cc5)nc5ccccc5c4ccc3n2-c2ccccc2)cc1. The molecule has 238 valence electrons. The average Bonchev–Trinajstić information content (AvgIpc) is 3.61. The van der Waals surface area contributed by atoms with Gasteiger partial charge < -0.3 is 0 Å². The molecule has 0 atom stereocenters. The van der Waals surface area contributed by atoms with Crippen LogP contribution in [0.25, 0.3) is 94.3 Å². The fourth-order valence-corrected chi connectivity index (χ4v) is 7.32. The van der Waals surface area contributed by atoms with Crippen molar-refractivity contribution < 1.29 is 0 Å². The number of fused-ring (bicyclic) bond motifs is 6. The molecule has 0 aliphatic carbocycles. The van der Waals surface area contributed by atoms with Crippen LogP contribution in [-0.4, -0.2) is 19.5 Å². The quantitative estimate of drug-likeness (QED) is 0.174. The summed E-state index contributed by atoms with van der Waals surface area (Å²) in [6.07, 6.45) is 0. The van der Waals surface area contributed by atoms with Crippen molar-refractivity contribution >= 4 is 43.5 Å². The molecule has 51 heavy (non-hydrogen) atoms. The topological polar surface area (TPSA) is 43.6 Å². The van der Waals surface area contributed by atoms with E-state index in [1.54, 1.807) is 0 Å². The van der Waals surface area contributed by atoms with Gasteiger partial charge in [0, 0.05) is 38.7 Å². The van der Waals surface area contributed by atoms with Crippen LogP contribution in [0.4, 0.5) is 0 Å². The van der Waals surface area contributed by atoms with Gasteiger partial charge in [-0.2, -0.15) is 0 Å². The Labute approximate surface area is 295 Å². The number of benzene rings is 7. The first-order valence-electron chi connectivity index (χ1n) is 17.2. The molecule has 10 rings (SSSR count). The summed E-state index contributed by atoms with van der Waals surface area (Å²) in [6, 6.07) is 63.6. The number of nitrogens with zero attached hydrogens (tertiary/aromatic N) is 4. The third kappa shape index (κ3) is 4.96. The Morgan fingerprint density at radius 3 is 1.88 bits per heavy atom. The van der Waals surface area contributed by atoms with Crippen LogP contribution in [0.15, 0.2) is 182 Å². The van der Waals surface area contributed by atoms with E-state index in [1.807, 2.05) is 12.1 Å². The molecule has 0 unspecified atom stereocenters. The Bertz CT molecular complexity index is 2890. The highest BCUT2D eigenvalue weighted by Gasteiger charge is 2.21. The van der Waals surface area contributed by atoms with E-state index in [2.05, 4.69) is 174 Å². The van der Waals surface area contributed by atoms with E-state index in [4.69, 9.17) is 15.0 Å². The number of imidazole rings is 1. The standard InChI is InChI=1S/C47H30N4/c1-3-13-34(14-4-1)47-50-46-43(51(47)37-16-5-2-6-17-37)29-28-39-38-18-9-10-19-42(38)49-45(44(39)46)33-25-23-32(24-26-33)40-20-11-21-41(48-40)36-27-22-31-12-7-8-15-35(31)30-36/h1-30H. The monoisotopic (exact) mass is 650 g/mol. The average molecular weight is 651 g/mol. The zero-order valence-corrected chi connectivity index (χ0v) is 27.6. The van der Waals surface area contributed by atoms with Gasteiger partial charge in [-0.3, -0.25) is 4.57 Å². The third-order valence-corrected chi connectivity index (χ3v) is 9.79. The number of para-hydroxylation sites is 2. The molecule has 3 heterocycles. The molecule has 3 aromatic heterocycles. The smallest absolute Gasteiger partial charge is 0.145 e. The third-order valence-electron chi connectivity index (χ3n) is 9.79. The first-order chi connectivity index (χ1) is 25.3. The lowest BCUT2D eigenvalue weighted by molar-refractivity contribution is 1.10. The van der Waals surface area contributed by atoms with Gasteiger partial charge in [0.25, 0.3) is 0 Å². The fourth-order valence-electron chi connectivity index (χ4n) is 7.32. The van der Waals surface area contributed by atoms with E-state index < -0.39 is 0 Å². The van der Waals surface area contributed by atoms with Crippen LogP contribution in [0.5, 0.6) is 0 Å². The second-order valence-corrected chi connectivity index (χ2v) is 12.9. The van der Waals surface area contributed by atoms with Gasteiger partial charge in [0.05, 0.1) is 33.6 Å². The van der Waals surface area contributed by atoms with Crippen molar-refractivity contribution in [1.82, 2.24) is 19.5 Å². The highest BCUT2D eigenvalue weighted by Crippen LogP contribution is 2.40. The van der Waals surface area contributed by atoms with Gasteiger partial charge in [0.2, 0.25) is 0 Å². The maximum absolute atomic E-state index is 5.42. The zero-order chi connectivity index (χ0) is 33.7. The predicted octanol–water partition coefficient (Wildman–Crippen LogP) is 11.9. The lowest BCUT2D eigenvalue weighted by Crippen LogP contribution is -1.97. The van der Waals surface area contributed by atoms with Gasteiger partial charge in [-0.25, -0.2) is 15.0 Å². The van der Waals surface area contributed by atoms with E-state index in [0.29, 0.717) is 0 Å². The van der Waals surface area contributed by atoms with Crippen molar-refractivity contribution in [2.75, 3.05) is 0 Å². The lowest BCUT2D eigenvalue weighted by Gasteiger charge is -2.13. The maximum Gasteiger partial charge on any atom is 0.145 e. The van der Waals surface area contributed by atoms with Crippen molar-refractivity contribution in [2.24, 2.45) is 0 Å². The molecule has 0 fully saturated rings. The van der Waals surface area contributed by atoms with Crippen LogP contribution >= 0.6 is 0 Å². The Balaban J connectivity index is 1.15. The Hall–Kier alpha value is -6.91. The Morgan fingerprint density at radius 2 is 1.06 bits per heavy atom. The minimum absolute atomic E-state index is 0.899. The summed E-state index contributed by atoms with van der Waals surface area (Å²) in [5.41, 5.74) is 11.0. The van der Waals surface area contributed by atoms with Gasteiger partial charge in [-0.1, -0.05) is 140 Å². The van der Waals surface area contributed by atoms with Gasteiger partial charge in [-0.05, 0) is 58.6 Å². The van der Waals surface area contributed by atoms with E-state index >= 15 is 0 Å². The summed E-state index contributed by atoms with van der Waals surface area (Å²) in [7, 11) is 0. The van der Waals surface area contributed by atoms with E-state index in [-0.39, 0.29) is 0 Å². The molecule has 0 radical (unpaired) electrons. The van der Waals surface area contributed by atoms with Crippen molar-refractivity contribution in [3.8, 4) is 50.8 Å². The second kappa shape index (κ2) is 11.9. The molecule has 0 bridgehead atoms. The highest BCUT2D eigenvalue weighted by molar-refractivity contribution is 6.20. The molecular weight excluding hydrogens is 621 g/mol. The first-order valence-corrected chi connectivity index (χ1v) is 17.2. The molecule has 0 aliphatic heterocycles. The minimum Gasteiger partial charge on any atom is -0.292 e. The maximum atomic E-state index is 5.42. The molecule has 0 saturated carbocycles. The summed E-state index contributed by atoms with van der Waals surface area (Å²) in [6.45, 7) is 0. The molecule has 0 aliphatic rings. The second-order valence-electron chi connectivity index (χ2n) is 12.9. The largest absolute Gasteiger partial charge is 0.292 e. The van der Waals surface area contributed by atoms with Crippen molar-refractivity contribution in [1.29, 1.82) is 0 Å². The molecule has 4 heteroatoms. The van der Waals surface area contributed by atoms with Crippen LogP contribution < -0.4 is 0 Å². The normalized spacial score (nSPS) is 11.5. The van der Waals surface area contributed by atoms with Crippen LogP contribution in [-0.2, 0) is 0 Å². The summed E-state index contributed by atoms with van der Waals surface area (Å²) < 4.78 is 2.26. The van der Waals surface area contributed by atoms with Gasteiger partial charge in [0.1, 0.15) is 5.82 Å². The molecule has 0 N–H and O–H groups in total. The number of aromatic nitrogens is 4. The molecular formula is C47H30N4. The first kappa shape index (κ1) is 29.0. The fraction of sp³-hybridized carbons (Fsp3) is 0. The minimum atomic E-state index is 0.899. The molecule has 0 spiro atoms. The Morgan fingerprint density at radius 1 is 0.392 bits per heavy atom. The van der Waals surface area contributed by atoms with E-state index in [1.165, 1.54) is 10.8 Å². The van der Waals surface area contributed by atoms with Gasteiger partial charge in [-0.15, -0.1) is 0 Å². The molecule has 0 saturated heterocycles. The summed E-state index contributed by atoms with van der Waals surface area (Å²) >= 11 is 0. The van der Waals surface area contributed by atoms with E-state index in [0.717, 1.165) is 83.6 Å². The van der Waals surface area contributed by atoms with Crippen LogP contribution in [0.1, 0.15) is 0 Å². The van der Waals surface area contributed by atoms with Gasteiger partial charge >= 0.3 is 0 Å². The van der Waals surface area contributed by atoms with Crippen LogP contribution in [0.2, 0.25) is 0 Å². The lowest BCUT2D eigenvalue weighted by atomic mass is 9.97. The number of hydrogen-bond acceptors (Lipinski definition) is 3. The number of hydrogen-bond donors (Lipinski definition) is 0. The molecule has 10 aromatic rings. The Kier molecular flexibility index (Phi) is 6.78. The van der Waals surface area contributed by atoms with E-state index in [9.17, 15) is 0 Å². The molecule has 0 amide bonds. The van der Waals surface area contributed by atoms with Crippen LogP contribution in [0.3, 0.4) is 0 Å². The van der Waals surface area contributed by atoms with Crippen molar-refractivity contribution in [3.05, 3.63) is 182 Å². The number of rotatable bonds is 5. The zero-order valence-electron chi connectivity index (χ0n) is 27.6. The molecule has 4 nitrogen and oxygen atoms in total. The van der Waals surface area contributed by atoms with Crippen LogP contribution in [0, 0.1) is 0 Å². The van der Waals surface area contributed by atoms with Crippen molar-refractivity contribution in [2.45, 2.75) is 0 Å². The number of pyridine rings is 2. The summed E-state index contributed by atoms with van der Waals surface area (Å²) in [5, 5.41) is 5.72. The summed E-state index contributed by atoms with van der Waals surface area (Å²) in [5.74, 6) is 0.899. The van der Waals surface area contributed by atoms with Crippen molar-refractivity contribution in [3.63, 3.8) is 0 Å². The summed E-state index contributed by atoms with van der Waals surface area (Å²) in [4.78, 5) is 15.8.